The molecule has 1 aliphatic rings. The normalized spacial score (nSPS) is 12.5. The average molecular weight is 744 g/mol. The summed E-state index contributed by atoms with van der Waals surface area (Å²) in [5, 5.41) is 10.5. The summed E-state index contributed by atoms with van der Waals surface area (Å²) < 4.78 is 8.84. The Morgan fingerprint density at radius 2 is 1.12 bits per heavy atom. The van der Waals surface area contributed by atoms with E-state index in [1.54, 1.807) is 11.3 Å². The molecule has 3 aromatic heterocycles. The molecule has 0 saturated heterocycles. The summed E-state index contributed by atoms with van der Waals surface area (Å²) in [6.45, 7) is 0. The van der Waals surface area contributed by atoms with E-state index in [2.05, 4.69) is 169 Å². The van der Waals surface area contributed by atoms with Crippen LogP contribution in [0.25, 0.3) is 108 Å². The fraction of sp³-hybridized carbons (Fsp3) is 0. The van der Waals surface area contributed by atoms with E-state index in [0.717, 1.165) is 70.8 Å². The molecule has 0 radical (unpaired) electrons. The molecule has 264 valence electrons. The third kappa shape index (κ3) is 4.37. The SMILES string of the molecule is c1ccc2cc3c(cc2c1)-c1cccc2cccc(c12)N3c1ccc(-c2nc(-c3cccc4c3oc3ccccc34)c3sc4ccccc4c3n2)c2ccccc12. The van der Waals surface area contributed by atoms with E-state index in [-0.39, 0.29) is 0 Å². The largest absolute Gasteiger partial charge is 0.455 e. The van der Waals surface area contributed by atoms with Crippen LogP contribution in [0, 0.1) is 0 Å². The van der Waals surface area contributed by atoms with Crippen LogP contribution < -0.4 is 4.90 Å². The van der Waals surface area contributed by atoms with Crippen LogP contribution in [0.1, 0.15) is 0 Å². The zero-order chi connectivity index (χ0) is 37.2. The summed E-state index contributed by atoms with van der Waals surface area (Å²) in [6, 6.07) is 63.1. The first-order chi connectivity index (χ1) is 28.3. The molecule has 5 heteroatoms. The summed E-state index contributed by atoms with van der Waals surface area (Å²) in [4.78, 5) is 13.4. The highest BCUT2D eigenvalue weighted by Crippen LogP contribution is 2.54. The van der Waals surface area contributed by atoms with Crippen LogP contribution >= 0.6 is 11.3 Å². The summed E-state index contributed by atoms with van der Waals surface area (Å²) in [5.41, 5.74) is 11.4. The van der Waals surface area contributed by atoms with Gasteiger partial charge < -0.3 is 9.32 Å². The number of para-hydroxylation sites is 2. The summed E-state index contributed by atoms with van der Waals surface area (Å²) in [6.07, 6.45) is 0. The minimum Gasteiger partial charge on any atom is -0.455 e. The smallest absolute Gasteiger partial charge is 0.161 e. The van der Waals surface area contributed by atoms with Crippen molar-refractivity contribution in [1.29, 1.82) is 0 Å². The molecule has 4 nitrogen and oxygen atoms in total. The minimum absolute atomic E-state index is 0.689. The fourth-order valence-electron chi connectivity index (χ4n) is 9.25. The molecule has 0 saturated carbocycles. The molecule has 4 heterocycles. The van der Waals surface area contributed by atoms with Gasteiger partial charge in [-0.2, -0.15) is 0 Å². The molecule has 0 aliphatic carbocycles. The van der Waals surface area contributed by atoms with Crippen molar-refractivity contribution in [1.82, 2.24) is 9.97 Å². The van der Waals surface area contributed by atoms with Gasteiger partial charge >= 0.3 is 0 Å². The maximum Gasteiger partial charge on any atom is 0.161 e. The first kappa shape index (κ1) is 30.9. The van der Waals surface area contributed by atoms with Crippen molar-refractivity contribution in [2.75, 3.05) is 4.90 Å². The zero-order valence-electron chi connectivity index (χ0n) is 30.4. The lowest BCUT2D eigenvalue weighted by Crippen LogP contribution is -2.15. The number of anilines is 3. The molecule has 1 aliphatic heterocycles. The zero-order valence-corrected chi connectivity index (χ0v) is 31.2. The molecule has 0 atom stereocenters. The quantitative estimate of drug-likeness (QED) is 0.181. The van der Waals surface area contributed by atoms with Crippen LogP contribution in [0.3, 0.4) is 0 Å². The lowest BCUT2D eigenvalue weighted by atomic mass is 9.88. The molecule has 57 heavy (non-hydrogen) atoms. The fourth-order valence-corrected chi connectivity index (χ4v) is 10.4. The molecule has 13 rings (SSSR count). The number of hydrogen-bond acceptors (Lipinski definition) is 5. The van der Waals surface area contributed by atoms with Gasteiger partial charge in [0, 0.05) is 48.3 Å². The molecule has 0 spiro atoms. The van der Waals surface area contributed by atoms with Crippen LogP contribution in [0.4, 0.5) is 17.1 Å². The van der Waals surface area contributed by atoms with Gasteiger partial charge in [-0.05, 0) is 75.6 Å². The van der Waals surface area contributed by atoms with Crippen LogP contribution in [0.2, 0.25) is 0 Å². The number of benzene rings is 9. The van der Waals surface area contributed by atoms with Gasteiger partial charge in [0.1, 0.15) is 11.2 Å². The second-order valence-electron chi connectivity index (χ2n) is 14.9. The Morgan fingerprint density at radius 1 is 0.439 bits per heavy atom. The van der Waals surface area contributed by atoms with Crippen molar-refractivity contribution in [2.45, 2.75) is 0 Å². The van der Waals surface area contributed by atoms with Gasteiger partial charge in [-0.1, -0.05) is 127 Å². The monoisotopic (exact) mass is 743 g/mol. The Morgan fingerprint density at radius 3 is 2.02 bits per heavy atom. The van der Waals surface area contributed by atoms with Gasteiger partial charge in [0.15, 0.2) is 5.82 Å². The van der Waals surface area contributed by atoms with E-state index in [4.69, 9.17) is 14.4 Å². The van der Waals surface area contributed by atoms with E-state index in [1.807, 2.05) is 12.1 Å². The van der Waals surface area contributed by atoms with E-state index in [0.29, 0.717) is 5.82 Å². The number of nitrogens with zero attached hydrogens (tertiary/aromatic N) is 3. The van der Waals surface area contributed by atoms with Crippen molar-refractivity contribution in [3.8, 4) is 33.8 Å². The first-order valence-corrected chi connectivity index (χ1v) is 20.1. The third-order valence-corrected chi connectivity index (χ3v) is 12.9. The predicted molar refractivity (Wildman–Crippen MR) is 239 cm³/mol. The first-order valence-electron chi connectivity index (χ1n) is 19.2. The Labute approximate surface area is 330 Å². The third-order valence-electron chi connectivity index (χ3n) is 11.8. The Bertz CT molecular complexity index is 3670. The van der Waals surface area contributed by atoms with Crippen LogP contribution in [0.5, 0.6) is 0 Å². The second-order valence-corrected chi connectivity index (χ2v) is 15.9. The molecule has 9 aromatic carbocycles. The van der Waals surface area contributed by atoms with Crippen LogP contribution in [0.15, 0.2) is 180 Å². The molecule has 0 unspecified atom stereocenters. The highest BCUT2D eigenvalue weighted by atomic mass is 32.1. The van der Waals surface area contributed by atoms with Crippen molar-refractivity contribution in [2.24, 2.45) is 0 Å². The summed E-state index contributed by atoms with van der Waals surface area (Å²) >= 11 is 1.74. The Kier molecular flexibility index (Phi) is 6.29. The Balaban J connectivity index is 1.08. The van der Waals surface area contributed by atoms with Gasteiger partial charge in [0.05, 0.1) is 33.0 Å². The highest BCUT2D eigenvalue weighted by Gasteiger charge is 2.28. The lowest BCUT2D eigenvalue weighted by Gasteiger charge is -2.34. The number of aromatic nitrogens is 2. The van der Waals surface area contributed by atoms with Crippen LogP contribution in [-0.4, -0.2) is 9.97 Å². The highest BCUT2D eigenvalue weighted by molar-refractivity contribution is 7.26. The predicted octanol–water partition coefficient (Wildman–Crippen LogP) is 15.0. The van der Waals surface area contributed by atoms with Crippen molar-refractivity contribution in [3.63, 3.8) is 0 Å². The van der Waals surface area contributed by atoms with Crippen LogP contribution in [-0.2, 0) is 0 Å². The number of hydrogen-bond donors (Lipinski definition) is 0. The van der Waals surface area contributed by atoms with E-state index in [9.17, 15) is 0 Å². The van der Waals surface area contributed by atoms with Crippen molar-refractivity contribution in [3.05, 3.63) is 176 Å². The Hall–Kier alpha value is -7.34. The minimum atomic E-state index is 0.689. The molecule has 0 amide bonds. The summed E-state index contributed by atoms with van der Waals surface area (Å²) in [5.74, 6) is 0.689. The molecular formula is C52H29N3OS. The maximum absolute atomic E-state index is 6.60. The van der Waals surface area contributed by atoms with Gasteiger partial charge in [-0.15, -0.1) is 11.3 Å². The molecule has 12 aromatic rings. The number of thiophene rings is 1. The van der Waals surface area contributed by atoms with Crippen molar-refractivity contribution >= 4 is 103 Å². The number of furan rings is 1. The maximum atomic E-state index is 6.60. The van der Waals surface area contributed by atoms with E-state index < -0.39 is 0 Å². The van der Waals surface area contributed by atoms with E-state index in [1.165, 1.54) is 48.7 Å². The molecular weight excluding hydrogens is 715 g/mol. The molecule has 0 bridgehead atoms. The number of fused-ring (bicyclic) bond motifs is 10. The second kappa shape index (κ2) is 11.6. The standard InChI is InChI=1S/C52H29N3OS/c1-2-13-32-29-44-41(28-31(32)12-1)36-20-9-14-30-15-10-23-43(47(30)36)55(44)42-27-26-38(33-16-3-4-17-34(33)42)52-53-48-39-19-6-8-25-46(39)57-51(48)49(54-52)40-22-11-21-37-35-18-5-7-24-45(35)56-50(37)40/h1-29H. The number of rotatable bonds is 3. The average Bonchev–Trinajstić information content (AvgIpc) is 3.84. The van der Waals surface area contributed by atoms with Gasteiger partial charge in [-0.25, -0.2) is 9.97 Å². The van der Waals surface area contributed by atoms with Gasteiger partial charge in [0.2, 0.25) is 0 Å². The molecule has 0 fully saturated rings. The van der Waals surface area contributed by atoms with Crippen molar-refractivity contribution < 1.29 is 4.42 Å². The lowest BCUT2D eigenvalue weighted by molar-refractivity contribution is 0.670. The van der Waals surface area contributed by atoms with Gasteiger partial charge in [-0.3, -0.25) is 0 Å². The topological polar surface area (TPSA) is 42.2 Å². The summed E-state index contributed by atoms with van der Waals surface area (Å²) in [7, 11) is 0. The van der Waals surface area contributed by atoms with Gasteiger partial charge in [0.25, 0.3) is 0 Å². The molecule has 0 N–H and O–H groups in total. The van der Waals surface area contributed by atoms with E-state index >= 15 is 0 Å².